The van der Waals surface area contributed by atoms with Crippen molar-refractivity contribution in [3.63, 3.8) is 0 Å². The van der Waals surface area contributed by atoms with Crippen molar-refractivity contribution in [1.82, 2.24) is 4.98 Å². The third-order valence-corrected chi connectivity index (χ3v) is 2.86. The molecule has 0 saturated heterocycles. The molecule has 0 fully saturated rings. The number of pyridine rings is 1. The summed E-state index contributed by atoms with van der Waals surface area (Å²) in [5.41, 5.74) is 0.625. The monoisotopic (exact) mass is 265 g/mol. The van der Waals surface area contributed by atoms with Crippen molar-refractivity contribution in [2.24, 2.45) is 0 Å². The van der Waals surface area contributed by atoms with Crippen LogP contribution >= 0.6 is 11.6 Å². The van der Waals surface area contributed by atoms with Crippen LogP contribution in [-0.4, -0.2) is 28.2 Å². The number of alkyl halides is 1. The number of carboxylic acid groups (broad SMARTS) is 1. The maximum atomic E-state index is 10.5. The molecule has 0 aliphatic heterocycles. The van der Waals surface area contributed by atoms with E-state index in [9.17, 15) is 4.79 Å². The van der Waals surface area contributed by atoms with Crippen LogP contribution in [-0.2, 0) is 16.0 Å². The molecule has 2 rings (SSSR count). The molecule has 0 spiro atoms. The van der Waals surface area contributed by atoms with Crippen LogP contribution in [0.15, 0.2) is 36.5 Å². The first kappa shape index (κ1) is 12.8. The molecule has 1 atom stereocenters. The highest BCUT2D eigenvalue weighted by molar-refractivity contribution is 6.28. The van der Waals surface area contributed by atoms with E-state index in [4.69, 9.17) is 21.4 Å². The lowest BCUT2D eigenvalue weighted by molar-refractivity contribution is -0.144. The van der Waals surface area contributed by atoms with Gasteiger partial charge in [0, 0.05) is 11.6 Å². The van der Waals surface area contributed by atoms with Gasteiger partial charge in [-0.3, -0.25) is 4.98 Å². The van der Waals surface area contributed by atoms with Crippen LogP contribution in [0.3, 0.4) is 0 Å². The Labute approximate surface area is 109 Å². The van der Waals surface area contributed by atoms with Crippen LogP contribution in [0, 0.1) is 0 Å². The third-order valence-electron chi connectivity index (χ3n) is 2.55. The average Bonchev–Trinajstić information content (AvgIpc) is 2.38. The number of halogens is 1. The number of rotatable bonds is 5. The van der Waals surface area contributed by atoms with Gasteiger partial charge in [-0.1, -0.05) is 35.9 Å². The number of ether oxygens (including phenoxy) is 1. The quantitative estimate of drug-likeness (QED) is 0.844. The fourth-order valence-corrected chi connectivity index (χ4v) is 1.80. The predicted molar refractivity (Wildman–Crippen MR) is 68.7 cm³/mol. The molecule has 0 radical (unpaired) electrons. The molecule has 0 amide bonds. The van der Waals surface area contributed by atoms with E-state index in [-0.39, 0.29) is 6.61 Å². The summed E-state index contributed by atoms with van der Waals surface area (Å²) in [5, 5.41) is 9.63. The molecule has 1 aromatic heterocycles. The van der Waals surface area contributed by atoms with Gasteiger partial charge in [-0.25, -0.2) is 4.79 Å². The van der Waals surface area contributed by atoms with Gasteiger partial charge in [0.15, 0.2) is 0 Å². The minimum Gasteiger partial charge on any atom is -0.478 e. The van der Waals surface area contributed by atoms with Crippen LogP contribution in [0.5, 0.6) is 0 Å². The number of carbonyl (C=O) groups is 1. The Morgan fingerprint density at radius 1 is 1.39 bits per heavy atom. The minimum atomic E-state index is -1.30. The second-order valence-electron chi connectivity index (χ2n) is 3.77. The van der Waals surface area contributed by atoms with Gasteiger partial charge in [0.25, 0.3) is 0 Å². The smallest absolute Gasteiger partial charge is 0.348 e. The van der Waals surface area contributed by atoms with E-state index in [1.807, 2.05) is 30.3 Å². The molecule has 0 aliphatic carbocycles. The number of hydrogen-bond donors (Lipinski definition) is 1. The molecule has 1 N–H and O–H groups in total. The molecule has 94 valence electrons. The number of nitrogens with zero attached hydrogens (tertiary/aromatic N) is 1. The third kappa shape index (κ3) is 2.97. The molecule has 5 heteroatoms. The van der Waals surface area contributed by atoms with Crippen molar-refractivity contribution in [2.45, 2.75) is 12.0 Å². The van der Waals surface area contributed by atoms with Crippen LogP contribution in [0.1, 0.15) is 5.56 Å². The van der Waals surface area contributed by atoms with Gasteiger partial charge in [-0.15, -0.1) is 0 Å². The van der Waals surface area contributed by atoms with Gasteiger partial charge in [-0.05, 0) is 18.1 Å². The van der Waals surface area contributed by atoms with E-state index < -0.39 is 11.5 Å². The van der Waals surface area contributed by atoms with Crippen molar-refractivity contribution in [1.29, 1.82) is 0 Å². The zero-order valence-electron chi connectivity index (χ0n) is 9.54. The number of para-hydroxylation sites is 1. The van der Waals surface area contributed by atoms with Gasteiger partial charge < -0.3 is 9.84 Å². The summed E-state index contributed by atoms with van der Waals surface area (Å²) < 4.78 is 4.99. The van der Waals surface area contributed by atoms with Gasteiger partial charge in [0.05, 0.1) is 12.1 Å². The van der Waals surface area contributed by atoms with Gasteiger partial charge >= 0.3 is 5.97 Å². The zero-order valence-corrected chi connectivity index (χ0v) is 10.3. The van der Waals surface area contributed by atoms with E-state index in [0.717, 1.165) is 16.5 Å². The number of carboxylic acids is 1. The Balaban J connectivity index is 2.06. The lowest BCUT2D eigenvalue weighted by atomic mass is 10.1. The summed E-state index contributed by atoms with van der Waals surface area (Å²) in [5.74, 6) is -1.17. The molecular weight excluding hydrogens is 254 g/mol. The normalized spacial score (nSPS) is 12.5. The first-order valence-electron chi connectivity index (χ1n) is 5.49. The first-order chi connectivity index (χ1) is 8.68. The number of hydrogen-bond acceptors (Lipinski definition) is 3. The molecule has 1 heterocycles. The molecule has 0 aliphatic rings. The standard InChI is InChI=1S/C13H12ClNO3/c14-12(13(16)17)18-8-6-10-4-1-3-9-5-2-7-15-11(9)10/h1-5,7,12H,6,8H2,(H,16,17). The molecule has 1 aromatic carbocycles. The highest BCUT2D eigenvalue weighted by Gasteiger charge is 2.13. The fraction of sp³-hybridized carbons (Fsp3) is 0.231. The van der Waals surface area contributed by atoms with E-state index in [0.29, 0.717) is 6.42 Å². The summed E-state index contributed by atoms with van der Waals surface area (Å²) in [6.07, 6.45) is 2.30. The topological polar surface area (TPSA) is 59.4 Å². The van der Waals surface area contributed by atoms with Crippen LogP contribution in [0.2, 0.25) is 0 Å². The van der Waals surface area contributed by atoms with Crippen molar-refractivity contribution in [2.75, 3.05) is 6.61 Å². The summed E-state index contributed by atoms with van der Waals surface area (Å²) in [7, 11) is 0. The number of fused-ring (bicyclic) bond motifs is 1. The SMILES string of the molecule is O=C(O)C(Cl)OCCc1cccc2cccnc12. The number of benzene rings is 1. The van der Waals surface area contributed by atoms with E-state index in [1.165, 1.54) is 0 Å². The lowest BCUT2D eigenvalue weighted by Gasteiger charge is -2.08. The Morgan fingerprint density at radius 3 is 2.94 bits per heavy atom. The van der Waals surface area contributed by atoms with Crippen molar-refractivity contribution < 1.29 is 14.6 Å². The molecule has 0 bridgehead atoms. The summed E-state index contributed by atoms with van der Waals surface area (Å²) in [4.78, 5) is 14.8. The number of aliphatic carboxylic acids is 1. The van der Waals surface area contributed by atoms with E-state index >= 15 is 0 Å². The van der Waals surface area contributed by atoms with Crippen molar-refractivity contribution in [3.8, 4) is 0 Å². The average molecular weight is 266 g/mol. The second kappa shape index (κ2) is 5.80. The fourth-order valence-electron chi connectivity index (χ4n) is 1.71. The minimum absolute atomic E-state index is 0.246. The maximum absolute atomic E-state index is 10.5. The van der Waals surface area contributed by atoms with E-state index in [2.05, 4.69) is 4.98 Å². The van der Waals surface area contributed by atoms with Crippen LogP contribution in [0.4, 0.5) is 0 Å². The summed E-state index contributed by atoms with van der Waals surface area (Å²) in [6.45, 7) is 0.246. The van der Waals surface area contributed by atoms with Gasteiger partial charge in [-0.2, -0.15) is 0 Å². The summed E-state index contributed by atoms with van der Waals surface area (Å²) in [6, 6.07) is 9.72. The summed E-state index contributed by atoms with van der Waals surface area (Å²) >= 11 is 5.46. The molecular formula is C13H12ClNO3. The molecule has 4 nitrogen and oxygen atoms in total. The maximum Gasteiger partial charge on any atom is 0.348 e. The van der Waals surface area contributed by atoms with Gasteiger partial charge in [0.2, 0.25) is 5.56 Å². The predicted octanol–water partition coefficient (Wildman–Crippen LogP) is 2.44. The molecule has 2 aromatic rings. The highest BCUT2D eigenvalue weighted by Crippen LogP contribution is 2.16. The van der Waals surface area contributed by atoms with Gasteiger partial charge in [0.1, 0.15) is 0 Å². The Kier molecular flexibility index (Phi) is 4.12. The zero-order chi connectivity index (χ0) is 13.0. The molecule has 18 heavy (non-hydrogen) atoms. The highest BCUT2D eigenvalue weighted by atomic mass is 35.5. The second-order valence-corrected chi connectivity index (χ2v) is 4.16. The number of aromatic nitrogens is 1. The Hall–Kier alpha value is -1.65. The van der Waals surface area contributed by atoms with Crippen molar-refractivity contribution in [3.05, 3.63) is 42.1 Å². The molecule has 0 saturated carbocycles. The van der Waals surface area contributed by atoms with Crippen molar-refractivity contribution >= 4 is 28.5 Å². The Bertz CT molecular complexity index is 553. The Morgan fingerprint density at radius 2 is 2.17 bits per heavy atom. The van der Waals surface area contributed by atoms with Crippen LogP contribution in [0.25, 0.3) is 10.9 Å². The lowest BCUT2D eigenvalue weighted by Crippen LogP contribution is -2.18. The first-order valence-corrected chi connectivity index (χ1v) is 5.93. The van der Waals surface area contributed by atoms with Crippen LogP contribution < -0.4 is 0 Å². The molecule has 1 unspecified atom stereocenters. The van der Waals surface area contributed by atoms with E-state index in [1.54, 1.807) is 6.20 Å². The largest absolute Gasteiger partial charge is 0.478 e.